The number of hydrogen-bond acceptors (Lipinski definition) is 5. The molecule has 0 bridgehead atoms. The number of anilines is 1. The largest absolute Gasteiger partial charge is 0.507 e. The Balaban J connectivity index is 1.69. The molecule has 26 heavy (non-hydrogen) atoms. The first kappa shape index (κ1) is 17.2. The molecule has 6 heteroatoms. The van der Waals surface area contributed by atoms with Crippen molar-refractivity contribution < 1.29 is 14.6 Å². The van der Waals surface area contributed by atoms with E-state index in [-0.39, 0.29) is 17.6 Å². The van der Waals surface area contributed by atoms with Crippen molar-refractivity contribution in [2.75, 3.05) is 5.32 Å². The van der Waals surface area contributed by atoms with Gasteiger partial charge in [-0.1, -0.05) is 0 Å². The molecule has 0 radical (unpaired) electrons. The Labute approximate surface area is 152 Å². The second kappa shape index (κ2) is 5.91. The molecule has 2 aliphatic rings. The average molecular weight is 357 g/mol. The zero-order valence-corrected chi connectivity index (χ0v) is 15.4. The first-order chi connectivity index (χ1) is 12.3. The second-order valence-corrected chi connectivity index (χ2v) is 7.96. The summed E-state index contributed by atoms with van der Waals surface area (Å²) in [7, 11) is 0. The van der Waals surface area contributed by atoms with Crippen LogP contribution in [0, 0.1) is 19.7 Å². The van der Waals surface area contributed by atoms with Crippen LogP contribution in [-0.4, -0.2) is 32.1 Å². The number of phenols is 1. The maximum atomic E-state index is 14.4. The van der Waals surface area contributed by atoms with Crippen LogP contribution in [0.15, 0.2) is 6.07 Å². The van der Waals surface area contributed by atoms with E-state index in [0.717, 1.165) is 17.5 Å². The number of aromatic hydroxyl groups is 1. The van der Waals surface area contributed by atoms with E-state index in [0.29, 0.717) is 53.9 Å². The van der Waals surface area contributed by atoms with Gasteiger partial charge in [0.1, 0.15) is 17.3 Å². The summed E-state index contributed by atoms with van der Waals surface area (Å²) in [6, 6.07) is 1.56. The Morgan fingerprint density at radius 2 is 1.85 bits per heavy atom. The number of benzene rings is 1. The van der Waals surface area contributed by atoms with Gasteiger partial charge in [0.05, 0.1) is 5.60 Å². The number of nitrogens with one attached hydrogen (secondary N) is 1. The standard InChI is InChI=1S/C20H24FN3O2/c1-10-11(2)19(22-12-8-20(3,26)9-12)24-23-17(10)15-7-16(21)13-5-4-6-14(13)18(15)25/h7,12,25-26H,4-6,8-9H2,1-3H3,(H,22,24). The highest BCUT2D eigenvalue weighted by Gasteiger charge is 2.38. The summed E-state index contributed by atoms with van der Waals surface area (Å²) in [6.07, 6.45) is 3.57. The van der Waals surface area contributed by atoms with E-state index in [9.17, 15) is 14.6 Å². The van der Waals surface area contributed by atoms with Crippen molar-refractivity contribution in [3.63, 3.8) is 0 Å². The normalized spacial score (nSPS) is 24.3. The summed E-state index contributed by atoms with van der Waals surface area (Å²) in [5, 5.41) is 32.4. The summed E-state index contributed by atoms with van der Waals surface area (Å²) >= 11 is 0. The highest BCUT2D eigenvalue weighted by atomic mass is 19.1. The van der Waals surface area contributed by atoms with Crippen LogP contribution in [0.3, 0.4) is 0 Å². The number of aromatic nitrogens is 2. The van der Waals surface area contributed by atoms with Gasteiger partial charge in [-0.2, -0.15) is 0 Å². The molecule has 2 aromatic rings. The SMILES string of the molecule is Cc1c(NC2CC(C)(O)C2)nnc(-c2cc(F)c3c(c2O)CCC3)c1C. The van der Waals surface area contributed by atoms with Crippen molar-refractivity contribution in [1.29, 1.82) is 0 Å². The molecule has 5 nitrogen and oxygen atoms in total. The molecule has 1 aromatic heterocycles. The van der Waals surface area contributed by atoms with E-state index < -0.39 is 5.60 Å². The van der Waals surface area contributed by atoms with Crippen molar-refractivity contribution in [1.82, 2.24) is 10.2 Å². The molecular formula is C20H24FN3O2. The Morgan fingerprint density at radius 1 is 1.15 bits per heavy atom. The first-order valence-electron chi connectivity index (χ1n) is 9.13. The minimum atomic E-state index is -0.609. The number of rotatable bonds is 3. The molecule has 1 aromatic carbocycles. The van der Waals surface area contributed by atoms with Crippen LogP contribution in [0.4, 0.5) is 10.2 Å². The third-order valence-corrected chi connectivity index (χ3v) is 5.81. The number of nitrogens with zero attached hydrogens (tertiary/aromatic N) is 2. The van der Waals surface area contributed by atoms with E-state index >= 15 is 0 Å². The summed E-state index contributed by atoms with van der Waals surface area (Å²) < 4.78 is 14.4. The number of aliphatic hydroxyl groups is 1. The lowest BCUT2D eigenvalue weighted by Crippen LogP contribution is -2.48. The van der Waals surface area contributed by atoms with Crippen LogP contribution >= 0.6 is 0 Å². The van der Waals surface area contributed by atoms with Gasteiger partial charge in [0, 0.05) is 17.2 Å². The minimum Gasteiger partial charge on any atom is -0.507 e. The van der Waals surface area contributed by atoms with Gasteiger partial charge in [0.25, 0.3) is 0 Å². The van der Waals surface area contributed by atoms with Crippen molar-refractivity contribution >= 4 is 5.82 Å². The highest BCUT2D eigenvalue weighted by Crippen LogP contribution is 2.41. The molecule has 0 atom stereocenters. The predicted molar refractivity (Wildman–Crippen MR) is 97.9 cm³/mol. The van der Waals surface area contributed by atoms with Gasteiger partial charge in [-0.3, -0.25) is 0 Å². The van der Waals surface area contributed by atoms with Crippen molar-refractivity contribution in [3.8, 4) is 17.0 Å². The summed E-state index contributed by atoms with van der Waals surface area (Å²) in [4.78, 5) is 0. The lowest BCUT2D eigenvalue weighted by atomic mass is 9.77. The zero-order chi connectivity index (χ0) is 18.6. The fourth-order valence-electron chi connectivity index (χ4n) is 4.19. The second-order valence-electron chi connectivity index (χ2n) is 7.96. The van der Waals surface area contributed by atoms with Crippen LogP contribution in [0.2, 0.25) is 0 Å². The first-order valence-corrected chi connectivity index (χ1v) is 9.13. The van der Waals surface area contributed by atoms with Gasteiger partial charge in [-0.05, 0) is 75.6 Å². The molecule has 0 unspecified atom stereocenters. The van der Waals surface area contributed by atoms with Gasteiger partial charge in [-0.25, -0.2) is 4.39 Å². The molecule has 138 valence electrons. The van der Waals surface area contributed by atoms with E-state index in [2.05, 4.69) is 15.5 Å². The Kier molecular flexibility index (Phi) is 3.91. The van der Waals surface area contributed by atoms with Gasteiger partial charge < -0.3 is 15.5 Å². The Hall–Kier alpha value is -2.21. The van der Waals surface area contributed by atoms with Crippen LogP contribution in [0.1, 0.15) is 48.4 Å². The van der Waals surface area contributed by atoms with E-state index in [1.807, 2.05) is 20.8 Å². The molecule has 4 rings (SSSR count). The molecule has 2 aliphatic carbocycles. The third-order valence-electron chi connectivity index (χ3n) is 5.81. The monoisotopic (exact) mass is 357 g/mol. The molecule has 3 N–H and O–H groups in total. The van der Waals surface area contributed by atoms with Gasteiger partial charge >= 0.3 is 0 Å². The average Bonchev–Trinajstić information content (AvgIpc) is 3.05. The third kappa shape index (κ3) is 2.72. The molecular weight excluding hydrogens is 333 g/mol. The minimum absolute atomic E-state index is 0.131. The molecule has 1 heterocycles. The van der Waals surface area contributed by atoms with Crippen LogP contribution in [0.5, 0.6) is 5.75 Å². The molecule has 1 fully saturated rings. The van der Waals surface area contributed by atoms with Gasteiger partial charge in [-0.15, -0.1) is 10.2 Å². The number of fused-ring (bicyclic) bond motifs is 1. The topological polar surface area (TPSA) is 78.3 Å². The summed E-state index contributed by atoms with van der Waals surface area (Å²) in [6.45, 7) is 5.67. The lowest BCUT2D eigenvalue weighted by Gasteiger charge is -2.41. The number of phenolic OH excluding ortho intramolecular Hbond substituents is 1. The Morgan fingerprint density at radius 3 is 2.54 bits per heavy atom. The Bertz CT molecular complexity index is 887. The number of halogens is 1. The summed E-state index contributed by atoms with van der Waals surface area (Å²) in [5.41, 5.74) is 3.43. The lowest BCUT2D eigenvalue weighted by molar-refractivity contribution is -0.0235. The fraction of sp³-hybridized carbons (Fsp3) is 0.500. The van der Waals surface area contributed by atoms with Crippen LogP contribution < -0.4 is 5.32 Å². The van der Waals surface area contributed by atoms with Crippen LogP contribution in [0.25, 0.3) is 11.3 Å². The quantitative estimate of drug-likeness (QED) is 0.784. The predicted octanol–water partition coefficient (Wildman–Crippen LogP) is 3.42. The van der Waals surface area contributed by atoms with E-state index in [4.69, 9.17) is 0 Å². The number of hydrogen-bond donors (Lipinski definition) is 3. The van der Waals surface area contributed by atoms with Gasteiger partial charge in [0.2, 0.25) is 0 Å². The van der Waals surface area contributed by atoms with Crippen molar-refractivity contribution in [3.05, 3.63) is 34.1 Å². The van der Waals surface area contributed by atoms with E-state index in [1.54, 1.807) is 0 Å². The smallest absolute Gasteiger partial charge is 0.152 e. The van der Waals surface area contributed by atoms with Crippen molar-refractivity contribution in [2.45, 2.75) is 64.5 Å². The molecule has 1 saturated carbocycles. The molecule has 0 aliphatic heterocycles. The fourth-order valence-corrected chi connectivity index (χ4v) is 4.19. The molecule has 0 saturated heterocycles. The van der Waals surface area contributed by atoms with Crippen molar-refractivity contribution in [2.24, 2.45) is 0 Å². The highest BCUT2D eigenvalue weighted by molar-refractivity contribution is 5.74. The maximum absolute atomic E-state index is 14.4. The van der Waals surface area contributed by atoms with Crippen LogP contribution in [-0.2, 0) is 12.8 Å². The molecule has 0 amide bonds. The van der Waals surface area contributed by atoms with Gasteiger partial charge in [0.15, 0.2) is 5.82 Å². The molecule has 0 spiro atoms. The summed E-state index contributed by atoms with van der Waals surface area (Å²) in [5.74, 6) is 0.530. The zero-order valence-electron chi connectivity index (χ0n) is 15.4. The maximum Gasteiger partial charge on any atom is 0.152 e. The van der Waals surface area contributed by atoms with E-state index in [1.165, 1.54) is 6.07 Å².